The van der Waals surface area contributed by atoms with Gasteiger partial charge in [0.2, 0.25) is 0 Å². The van der Waals surface area contributed by atoms with Gasteiger partial charge in [-0.2, -0.15) is 0 Å². The Morgan fingerprint density at radius 2 is 1.04 bits per heavy atom. The fourth-order valence-electron chi connectivity index (χ4n) is 2.56. The topological polar surface area (TPSA) is 27.7 Å². The van der Waals surface area contributed by atoms with E-state index >= 15 is 0 Å². The number of benzene rings is 2. The molecule has 0 aliphatic carbocycles. The molecule has 0 aliphatic rings. The minimum atomic E-state index is -2.80. The third kappa shape index (κ3) is 4.29. The van der Waals surface area contributed by atoms with Crippen molar-refractivity contribution < 1.29 is 13.3 Å². The van der Waals surface area contributed by atoms with E-state index in [0.29, 0.717) is 19.8 Å². The molecule has 0 amide bonds. The van der Waals surface area contributed by atoms with Crippen LogP contribution in [0.2, 0.25) is 0 Å². The predicted molar refractivity (Wildman–Crippen MR) is 96.9 cm³/mol. The van der Waals surface area contributed by atoms with Crippen LogP contribution >= 0.6 is 0 Å². The van der Waals surface area contributed by atoms with Gasteiger partial charge in [0, 0.05) is 25.0 Å². The molecule has 0 radical (unpaired) electrons. The smallest absolute Gasteiger partial charge is 0.370 e. The maximum atomic E-state index is 5.95. The Kier molecular flexibility index (Phi) is 6.54. The van der Waals surface area contributed by atoms with Gasteiger partial charge in [-0.05, 0) is 38.8 Å². The lowest BCUT2D eigenvalue weighted by Gasteiger charge is -2.28. The van der Waals surface area contributed by atoms with Crippen molar-refractivity contribution in [2.24, 2.45) is 0 Å². The monoisotopic (exact) mass is 330 g/mol. The summed E-state index contributed by atoms with van der Waals surface area (Å²) in [6.07, 6.45) is 0. The highest BCUT2D eigenvalue weighted by Gasteiger charge is 2.43. The second kappa shape index (κ2) is 8.41. The Labute approximate surface area is 140 Å². The molecule has 0 atom stereocenters. The first-order valence-electron chi connectivity index (χ1n) is 8.24. The van der Waals surface area contributed by atoms with Crippen LogP contribution in [0.3, 0.4) is 0 Å². The summed E-state index contributed by atoms with van der Waals surface area (Å²) in [6.45, 7) is 9.74. The lowest BCUT2D eigenvalue weighted by Crippen LogP contribution is -2.56. The molecule has 0 N–H and O–H groups in total. The van der Waals surface area contributed by atoms with Gasteiger partial charge in [0.25, 0.3) is 0 Å². The van der Waals surface area contributed by atoms with Crippen LogP contribution in [-0.2, 0) is 13.3 Å². The van der Waals surface area contributed by atoms with Gasteiger partial charge in [-0.1, -0.05) is 54.1 Å². The highest BCUT2D eigenvalue weighted by molar-refractivity contribution is 6.75. The first-order valence-corrected chi connectivity index (χ1v) is 9.97. The summed E-state index contributed by atoms with van der Waals surface area (Å²) in [5, 5.41) is 1.01. The Balaban J connectivity index is 2.32. The molecule has 0 saturated carbocycles. The van der Waals surface area contributed by atoms with Crippen molar-refractivity contribution in [3.05, 3.63) is 54.1 Å². The van der Waals surface area contributed by atoms with Gasteiger partial charge in [-0.15, -0.1) is 0 Å². The minimum Gasteiger partial charge on any atom is -0.370 e. The van der Waals surface area contributed by atoms with Gasteiger partial charge in [-0.25, -0.2) is 0 Å². The van der Waals surface area contributed by atoms with Crippen LogP contribution in [0.1, 0.15) is 26.3 Å². The van der Waals surface area contributed by atoms with E-state index in [9.17, 15) is 0 Å². The zero-order valence-electron chi connectivity index (χ0n) is 14.5. The zero-order valence-corrected chi connectivity index (χ0v) is 15.5. The molecule has 2 rings (SSSR count). The van der Waals surface area contributed by atoms with Crippen molar-refractivity contribution in [3.8, 4) is 11.1 Å². The Morgan fingerprint density at radius 1 is 0.652 bits per heavy atom. The van der Waals surface area contributed by atoms with Crippen LogP contribution in [-0.4, -0.2) is 28.6 Å². The number of aryl methyl sites for hydroxylation is 1. The van der Waals surface area contributed by atoms with Crippen molar-refractivity contribution in [1.82, 2.24) is 0 Å². The van der Waals surface area contributed by atoms with Gasteiger partial charge in [0.1, 0.15) is 0 Å². The highest BCUT2D eigenvalue weighted by Crippen LogP contribution is 2.20. The van der Waals surface area contributed by atoms with Crippen LogP contribution in [0.4, 0.5) is 0 Å². The highest BCUT2D eigenvalue weighted by atomic mass is 28.4. The number of hydrogen-bond acceptors (Lipinski definition) is 3. The third-order valence-corrected chi connectivity index (χ3v) is 6.67. The average molecular weight is 331 g/mol. The molecule has 3 nitrogen and oxygen atoms in total. The molecule has 0 spiro atoms. The van der Waals surface area contributed by atoms with Crippen molar-refractivity contribution in [2.45, 2.75) is 27.7 Å². The zero-order chi connectivity index (χ0) is 16.7. The molecule has 4 heteroatoms. The van der Waals surface area contributed by atoms with Gasteiger partial charge < -0.3 is 13.3 Å². The maximum absolute atomic E-state index is 5.95. The van der Waals surface area contributed by atoms with E-state index in [2.05, 4.69) is 55.5 Å². The number of rotatable bonds is 8. The molecule has 0 aromatic heterocycles. The standard InChI is InChI=1S/C19H26O3Si/c1-5-20-23(21-6-2,22-7-3)19-14-12-18(13-15-19)17-10-8-16(4)9-11-17/h8-15H,5-7H2,1-4H3. The summed E-state index contributed by atoms with van der Waals surface area (Å²) in [5.41, 5.74) is 3.65. The molecular weight excluding hydrogens is 304 g/mol. The second-order valence-electron chi connectivity index (χ2n) is 5.30. The van der Waals surface area contributed by atoms with Crippen LogP contribution in [0.15, 0.2) is 48.5 Å². The predicted octanol–water partition coefficient (Wildman–Crippen LogP) is 3.92. The Hall–Kier alpha value is -1.46. The van der Waals surface area contributed by atoms with E-state index in [0.717, 1.165) is 5.19 Å². The second-order valence-corrected chi connectivity index (χ2v) is 7.85. The van der Waals surface area contributed by atoms with E-state index in [4.69, 9.17) is 13.3 Å². The minimum absolute atomic E-state index is 0.575. The largest absolute Gasteiger partial charge is 0.537 e. The molecule has 0 fully saturated rings. The van der Waals surface area contributed by atoms with Crippen LogP contribution in [0.5, 0.6) is 0 Å². The van der Waals surface area contributed by atoms with Gasteiger partial charge >= 0.3 is 8.80 Å². The molecule has 0 bridgehead atoms. The van der Waals surface area contributed by atoms with Crippen LogP contribution in [0.25, 0.3) is 11.1 Å². The molecule has 124 valence electrons. The van der Waals surface area contributed by atoms with Crippen molar-refractivity contribution >= 4 is 14.0 Å². The first kappa shape index (κ1) is 17.9. The van der Waals surface area contributed by atoms with Crippen molar-refractivity contribution in [3.63, 3.8) is 0 Å². The lowest BCUT2D eigenvalue weighted by molar-refractivity contribution is 0.0859. The number of hydrogen-bond donors (Lipinski definition) is 0. The van der Waals surface area contributed by atoms with E-state index in [1.807, 2.05) is 20.8 Å². The quantitative estimate of drug-likeness (QED) is 0.687. The summed E-state index contributed by atoms with van der Waals surface area (Å²) in [6, 6.07) is 16.9. The Morgan fingerprint density at radius 3 is 1.43 bits per heavy atom. The SMILES string of the molecule is CCO[Si](OCC)(OCC)c1ccc(-c2ccc(C)cc2)cc1. The van der Waals surface area contributed by atoms with Crippen molar-refractivity contribution in [2.75, 3.05) is 19.8 Å². The van der Waals surface area contributed by atoms with E-state index in [-0.39, 0.29) is 0 Å². The van der Waals surface area contributed by atoms with Crippen LogP contribution in [0, 0.1) is 6.92 Å². The summed E-state index contributed by atoms with van der Waals surface area (Å²) < 4.78 is 17.9. The molecule has 23 heavy (non-hydrogen) atoms. The molecule has 0 saturated heterocycles. The summed E-state index contributed by atoms with van der Waals surface area (Å²) in [4.78, 5) is 0. The summed E-state index contributed by atoms with van der Waals surface area (Å²) in [5.74, 6) is 0. The molecule has 0 heterocycles. The molecule has 0 aliphatic heterocycles. The molecule has 2 aromatic rings. The van der Waals surface area contributed by atoms with Gasteiger partial charge in [-0.3, -0.25) is 0 Å². The van der Waals surface area contributed by atoms with E-state index in [1.54, 1.807) is 0 Å². The Bertz CT molecular complexity index is 576. The first-order chi connectivity index (χ1) is 11.1. The van der Waals surface area contributed by atoms with E-state index in [1.165, 1.54) is 16.7 Å². The molecular formula is C19H26O3Si. The third-order valence-electron chi connectivity index (χ3n) is 3.63. The fourth-order valence-corrected chi connectivity index (χ4v) is 5.02. The normalized spacial score (nSPS) is 11.7. The average Bonchev–Trinajstić information content (AvgIpc) is 2.56. The van der Waals surface area contributed by atoms with E-state index < -0.39 is 8.80 Å². The van der Waals surface area contributed by atoms with Gasteiger partial charge in [0.05, 0.1) is 0 Å². The molecule has 0 unspecified atom stereocenters. The van der Waals surface area contributed by atoms with Gasteiger partial charge in [0.15, 0.2) is 0 Å². The lowest BCUT2D eigenvalue weighted by atomic mass is 10.0. The summed E-state index contributed by atoms with van der Waals surface area (Å²) in [7, 11) is -2.80. The summed E-state index contributed by atoms with van der Waals surface area (Å²) >= 11 is 0. The van der Waals surface area contributed by atoms with Crippen molar-refractivity contribution in [1.29, 1.82) is 0 Å². The van der Waals surface area contributed by atoms with Crippen LogP contribution < -0.4 is 5.19 Å². The molecule has 2 aromatic carbocycles. The fraction of sp³-hybridized carbons (Fsp3) is 0.368. The maximum Gasteiger partial charge on any atom is 0.537 e.